The van der Waals surface area contributed by atoms with Gasteiger partial charge in [-0.2, -0.15) is 13.2 Å². The van der Waals surface area contributed by atoms with E-state index in [1.807, 2.05) is 0 Å². The Bertz CT molecular complexity index is 1190. The molecule has 0 saturated carbocycles. The number of halogens is 5. The molecule has 0 atom stereocenters. The van der Waals surface area contributed by atoms with Crippen LogP contribution in [0.2, 0.25) is 0 Å². The molecule has 3 aromatic heterocycles. The minimum Gasteiger partial charge on any atom is -0.312 e. The first-order valence-corrected chi connectivity index (χ1v) is 7.94. The van der Waals surface area contributed by atoms with Gasteiger partial charge in [0.15, 0.2) is 5.65 Å². The van der Waals surface area contributed by atoms with Crippen LogP contribution in [0, 0.1) is 0 Å². The van der Waals surface area contributed by atoms with Gasteiger partial charge >= 0.3 is 11.0 Å². The summed E-state index contributed by atoms with van der Waals surface area (Å²) in [6.07, 6.45) is -7.75. The highest BCUT2D eigenvalue weighted by Crippen LogP contribution is 2.38. The van der Waals surface area contributed by atoms with Gasteiger partial charge in [0.05, 0.1) is 21.5 Å². The Morgan fingerprint density at radius 2 is 1.92 bits per heavy atom. The maximum Gasteiger partial charge on any atom is 0.418 e. The Labute approximate surface area is 144 Å². The van der Waals surface area contributed by atoms with Crippen LogP contribution in [0.25, 0.3) is 27.1 Å². The number of aromatic amines is 1. The number of pyridine rings is 1. The Hall–Kier alpha value is -2.82. The SMILES string of the molecule is O=c1[nH]c2ccc(-c3c(C(F)(F)F)ccc4nc(C(F)F)nn34)cc2s1. The third-order valence-corrected chi connectivity index (χ3v) is 4.55. The predicted molar refractivity (Wildman–Crippen MR) is 84.4 cm³/mol. The van der Waals surface area contributed by atoms with Crippen LogP contribution < -0.4 is 4.87 Å². The van der Waals surface area contributed by atoms with Crippen LogP contribution in [0.5, 0.6) is 0 Å². The van der Waals surface area contributed by atoms with Crippen molar-refractivity contribution < 1.29 is 22.0 Å². The molecule has 134 valence electrons. The Morgan fingerprint density at radius 3 is 2.62 bits per heavy atom. The number of H-pyrrole nitrogens is 1. The van der Waals surface area contributed by atoms with Crippen molar-refractivity contribution in [3.05, 3.63) is 51.4 Å². The predicted octanol–water partition coefficient (Wildman–Crippen LogP) is 4.26. The van der Waals surface area contributed by atoms with Gasteiger partial charge < -0.3 is 4.98 Å². The van der Waals surface area contributed by atoms with E-state index >= 15 is 0 Å². The van der Waals surface area contributed by atoms with Crippen molar-refractivity contribution >= 4 is 27.2 Å². The summed E-state index contributed by atoms with van der Waals surface area (Å²) >= 11 is 0.832. The largest absolute Gasteiger partial charge is 0.418 e. The third-order valence-electron chi connectivity index (χ3n) is 3.71. The van der Waals surface area contributed by atoms with E-state index < -0.39 is 29.7 Å². The molecule has 1 aromatic carbocycles. The zero-order valence-corrected chi connectivity index (χ0v) is 13.3. The molecule has 0 bridgehead atoms. The van der Waals surface area contributed by atoms with Crippen molar-refractivity contribution in [2.75, 3.05) is 0 Å². The lowest BCUT2D eigenvalue weighted by atomic mass is 10.0. The van der Waals surface area contributed by atoms with Crippen molar-refractivity contribution in [3.63, 3.8) is 0 Å². The molecular weight excluding hydrogens is 379 g/mol. The first-order chi connectivity index (χ1) is 12.2. The van der Waals surface area contributed by atoms with E-state index in [1.165, 1.54) is 18.2 Å². The maximum atomic E-state index is 13.5. The normalized spacial score (nSPS) is 12.5. The molecule has 0 spiro atoms. The minimum atomic E-state index is -4.74. The molecule has 0 amide bonds. The molecule has 4 rings (SSSR count). The first-order valence-electron chi connectivity index (χ1n) is 7.12. The number of alkyl halides is 5. The number of nitrogens with one attached hydrogen (secondary N) is 1. The molecule has 0 aliphatic heterocycles. The summed E-state index contributed by atoms with van der Waals surface area (Å²) in [4.78, 5) is 17.2. The van der Waals surface area contributed by atoms with Gasteiger partial charge in [-0.25, -0.2) is 18.3 Å². The summed E-state index contributed by atoms with van der Waals surface area (Å²) in [6.45, 7) is 0. The van der Waals surface area contributed by atoms with Crippen LogP contribution in [-0.4, -0.2) is 19.6 Å². The zero-order chi connectivity index (χ0) is 18.6. The molecule has 1 N–H and O–H groups in total. The number of fused-ring (bicyclic) bond motifs is 2. The van der Waals surface area contributed by atoms with Crippen molar-refractivity contribution in [2.45, 2.75) is 12.6 Å². The molecule has 0 radical (unpaired) electrons. The second-order valence-corrected chi connectivity index (χ2v) is 6.37. The summed E-state index contributed by atoms with van der Waals surface area (Å²) in [6, 6.07) is 5.95. The fourth-order valence-electron chi connectivity index (χ4n) is 2.66. The number of thiazole rings is 1. The minimum absolute atomic E-state index is 0.0800. The van der Waals surface area contributed by atoms with E-state index in [1.54, 1.807) is 0 Å². The molecule has 5 nitrogen and oxygen atoms in total. The second-order valence-electron chi connectivity index (χ2n) is 5.36. The molecule has 0 unspecified atom stereocenters. The molecule has 3 heterocycles. The summed E-state index contributed by atoms with van der Waals surface area (Å²) in [5.41, 5.74) is -1.05. The van der Waals surface area contributed by atoms with Gasteiger partial charge in [0.1, 0.15) is 0 Å². The third kappa shape index (κ3) is 2.64. The Morgan fingerprint density at radius 1 is 1.15 bits per heavy atom. The van der Waals surface area contributed by atoms with Crippen LogP contribution in [0.3, 0.4) is 0 Å². The van der Waals surface area contributed by atoms with E-state index in [0.29, 0.717) is 10.2 Å². The van der Waals surface area contributed by atoms with Gasteiger partial charge in [0.2, 0.25) is 5.82 Å². The van der Waals surface area contributed by atoms with Crippen LogP contribution in [0.4, 0.5) is 22.0 Å². The number of benzene rings is 1. The number of hydrogen-bond acceptors (Lipinski definition) is 4. The van der Waals surface area contributed by atoms with Crippen LogP contribution in [0.1, 0.15) is 17.8 Å². The molecule has 0 saturated heterocycles. The molecule has 0 aliphatic rings. The Balaban J connectivity index is 2.07. The van der Waals surface area contributed by atoms with E-state index in [-0.39, 0.29) is 16.1 Å². The van der Waals surface area contributed by atoms with Crippen molar-refractivity contribution in [1.29, 1.82) is 0 Å². The van der Waals surface area contributed by atoms with Gasteiger partial charge in [-0.15, -0.1) is 5.10 Å². The van der Waals surface area contributed by atoms with E-state index in [2.05, 4.69) is 15.1 Å². The monoisotopic (exact) mass is 386 g/mol. The molecule has 26 heavy (non-hydrogen) atoms. The van der Waals surface area contributed by atoms with Crippen LogP contribution >= 0.6 is 11.3 Å². The number of nitrogens with zero attached hydrogens (tertiary/aromatic N) is 3. The maximum absolute atomic E-state index is 13.5. The van der Waals surface area contributed by atoms with E-state index in [0.717, 1.165) is 28.0 Å². The molecule has 0 fully saturated rings. The average molecular weight is 386 g/mol. The van der Waals surface area contributed by atoms with Crippen LogP contribution in [-0.2, 0) is 6.18 Å². The topological polar surface area (TPSA) is 63.0 Å². The van der Waals surface area contributed by atoms with Crippen LogP contribution in [0.15, 0.2) is 35.1 Å². The van der Waals surface area contributed by atoms with E-state index in [4.69, 9.17) is 0 Å². The summed E-state index contributed by atoms with van der Waals surface area (Å²) in [5, 5.41) is 3.54. The van der Waals surface area contributed by atoms with Crippen molar-refractivity contribution in [2.24, 2.45) is 0 Å². The van der Waals surface area contributed by atoms with Gasteiger partial charge in [-0.1, -0.05) is 17.4 Å². The van der Waals surface area contributed by atoms with Gasteiger partial charge in [-0.3, -0.25) is 4.79 Å². The highest BCUT2D eigenvalue weighted by atomic mass is 32.1. The molecule has 0 aliphatic carbocycles. The first kappa shape index (κ1) is 16.6. The number of hydrogen-bond donors (Lipinski definition) is 1. The second kappa shape index (κ2) is 5.59. The highest BCUT2D eigenvalue weighted by Gasteiger charge is 2.36. The van der Waals surface area contributed by atoms with Crippen molar-refractivity contribution in [3.8, 4) is 11.3 Å². The molecule has 11 heteroatoms. The van der Waals surface area contributed by atoms with E-state index in [9.17, 15) is 26.7 Å². The summed E-state index contributed by atoms with van der Waals surface area (Å²) in [5.74, 6) is -0.863. The average Bonchev–Trinajstić information content (AvgIpc) is 3.14. The number of aromatic nitrogens is 4. The fourth-order valence-corrected chi connectivity index (χ4v) is 3.43. The van der Waals surface area contributed by atoms with Gasteiger partial charge in [0, 0.05) is 5.56 Å². The lowest BCUT2D eigenvalue weighted by molar-refractivity contribution is -0.137. The molecule has 4 aromatic rings. The standard InChI is InChI=1S/C15H7F5N4OS/c16-12(17)13-22-10-4-2-7(15(18,19)20)11(24(10)23-13)6-1-3-8-9(5-6)26-14(25)21-8/h1-5,12H,(H,21,25). The van der Waals surface area contributed by atoms with Gasteiger partial charge in [-0.05, 0) is 24.3 Å². The lowest BCUT2D eigenvalue weighted by Gasteiger charge is -2.14. The molecular formula is C15H7F5N4OS. The lowest BCUT2D eigenvalue weighted by Crippen LogP contribution is -2.11. The zero-order valence-electron chi connectivity index (χ0n) is 12.5. The smallest absolute Gasteiger partial charge is 0.312 e. The number of rotatable bonds is 2. The quantitative estimate of drug-likeness (QED) is 0.524. The van der Waals surface area contributed by atoms with Crippen molar-refractivity contribution in [1.82, 2.24) is 19.6 Å². The summed E-state index contributed by atoms with van der Waals surface area (Å²) in [7, 11) is 0. The highest BCUT2D eigenvalue weighted by molar-refractivity contribution is 7.16. The van der Waals surface area contributed by atoms with Gasteiger partial charge in [0.25, 0.3) is 6.43 Å². The summed E-state index contributed by atoms with van der Waals surface area (Å²) < 4.78 is 67.4. The Kier molecular flexibility index (Phi) is 3.58. The fraction of sp³-hybridized carbons (Fsp3) is 0.133.